The Morgan fingerprint density at radius 3 is 2.64 bits per heavy atom. The molecule has 0 aliphatic carbocycles. The van der Waals surface area contributed by atoms with Crippen LogP contribution in [0.4, 0.5) is 13.2 Å². The summed E-state index contributed by atoms with van der Waals surface area (Å²) >= 11 is 6.06. The van der Waals surface area contributed by atoms with Crippen LogP contribution in [-0.2, 0) is 11.2 Å². The van der Waals surface area contributed by atoms with Gasteiger partial charge in [-0.1, -0.05) is 23.7 Å². The summed E-state index contributed by atoms with van der Waals surface area (Å²) in [6.45, 7) is 2.25. The maximum atomic E-state index is 13.9. The predicted octanol–water partition coefficient (Wildman–Crippen LogP) is 4.38. The smallest absolute Gasteiger partial charge is 0.379 e. The first-order valence-electron chi connectivity index (χ1n) is 9.15. The van der Waals surface area contributed by atoms with E-state index in [1.165, 1.54) is 25.9 Å². The summed E-state index contributed by atoms with van der Waals surface area (Å²) in [5.41, 5.74) is -1.40. The molecule has 0 saturated carbocycles. The van der Waals surface area contributed by atoms with Crippen molar-refractivity contribution in [2.24, 2.45) is 0 Å². The van der Waals surface area contributed by atoms with Crippen LogP contribution in [0.5, 0.6) is 0 Å². The first-order chi connectivity index (χ1) is 13.1. The number of hydrogen-bond donors (Lipinski definition) is 0. The van der Waals surface area contributed by atoms with E-state index in [4.69, 9.17) is 16.3 Å². The van der Waals surface area contributed by atoms with Gasteiger partial charge < -0.3 is 4.74 Å². The maximum Gasteiger partial charge on any atom is 0.406 e. The van der Waals surface area contributed by atoms with Crippen molar-refractivity contribution in [1.82, 2.24) is 19.7 Å². The third-order valence-electron chi connectivity index (χ3n) is 5.37. The number of likely N-dealkylation sites (N-methyl/N-ethyl adjacent to an activating group) is 1. The predicted molar refractivity (Wildman–Crippen MR) is 101 cm³/mol. The third-order valence-corrected chi connectivity index (χ3v) is 5.60. The molecule has 1 fully saturated rings. The number of nitrogens with zero attached hydrogens (tertiary/aromatic N) is 4. The molecular weight excluding hydrogens is 393 g/mol. The minimum atomic E-state index is -4.42. The van der Waals surface area contributed by atoms with Crippen molar-refractivity contribution < 1.29 is 17.9 Å². The Morgan fingerprint density at radius 1 is 1.32 bits per heavy atom. The summed E-state index contributed by atoms with van der Waals surface area (Å²) in [4.78, 5) is 5.67. The van der Waals surface area contributed by atoms with Gasteiger partial charge in [0.2, 0.25) is 0 Å². The molecule has 2 atom stereocenters. The number of rotatable bonds is 5. The molecule has 1 aromatic heterocycles. The highest BCUT2D eigenvalue weighted by atomic mass is 35.5. The highest BCUT2D eigenvalue weighted by Crippen LogP contribution is 2.37. The van der Waals surface area contributed by atoms with Crippen molar-refractivity contribution in [2.75, 3.05) is 27.3 Å². The lowest BCUT2D eigenvalue weighted by molar-refractivity contribution is -0.219. The molecule has 1 aliphatic rings. The quantitative estimate of drug-likeness (QED) is 0.725. The molecular formula is C19H24ClF3N4O. The van der Waals surface area contributed by atoms with Gasteiger partial charge in [0.25, 0.3) is 0 Å². The van der Waals surface area contributed by atoms with E-state index >= 15 is 0 Å². The Bertz CT molecular complexity index is 818. The van der Waals surface area contributed by atoms with Gasteiger partial charge in [0, 0.05) is 23.6 Å². The lowest BCUT2D eigenvalue weighted by Crippen LogP contribution is -2.55. The number of alkyl halides is 3. The lowest BCUT2D eigenvalue weighted by Gasteiger charge is -2.38. The number of halogens is 4. The van der Waals surface area contributed by atoms with Crippen molar-refractivity contribution >= 4 is 11.6 Å². The molecule has 2 unspecified atom stereocenters. The molecule has 5 nitrogen and oxygen atoms in total. The van der Waals surface area contributed by atoms with Crippen molar-refractivity contribution in [3.63, 3.8) is 0 Å². The first-order valence-corrected chi connectivity index (χ1v) is 9.53. The van der Waals surface area contributed by atoms with Crippen LogP contribution in [0.15, 0.2) is 24.3 Å². The molecule has 1 aliphatic heterocycles. The number of ether oxygens (including phenoxy) is 1. The monoisotopic (exact) mass is 416 g/mol. The molecule has 0 N–H and O–H groups in total. The van der Waals surface area contributed by atoms with Crippen LogP contribution >= 0.6 is 11.6 Å². The van der Waals surface area contributed by atoms with Crippen molar-refractivity contribution in [2.45, 2.75) is 43.9 Å². The van der Waals surface area contributed by atoms with E-state index in [1.54, 1.807) is 28.9 Å². The molecule has 9 heteroatoms. The van der Waals surface area contributed by atoms with Crippen molar-refractivity contribution in [3.05, 3.63) is 35.1 Å². The summed E-state index contributed by atoms with van der Waals surface area (Å²) in [5, 5.41) is 5.07. The standard InChI is InChI=1S/C19H24ClF3N4O/c1-18(26(2)3,19(21,22)23)11-16-24-17(13-6-4-7-14(20)10-13)25-27(16)15-8-5-9-28-12-15/h4,6-7,10,15H,5,8-9,11-12H2,1-3H3. The molecule has 1 aromatic carbocycles. The fourth-order valence-electron chi connectivity index (χ4n) is 3.25. The normalized spacial score (nSPS) is 20.4. The molecule has 1 saturated heterocycles. The summed E-state index contributed by atoms with van der Waals surface area (Å²) in [6.07, 6.45) is -3.11. The van der Waals surface area contributed by atoms with E-state index in [1.807, 2.05) is 0 Å². The first kappa shape index (κ1) is 21.1. The topological polar surface area (TPSA) is 43.2 Å². The van der Waals surface area contributed by atoms with Gasteiger partial charge in [0.05, 0.1) is 12.6 Å². The van der Waals surface area contributed by atoms with E-state index in [2.05, 4.69) is 10.1 Å². The van der Waals surface area contributed by atoms with Crippen LogP contribution in [0.1, 0.15) is 31.6 Å². The second kappa shape index (κ2) is 8.00. The zero-order valence-electron chi connectivity index (χ0n) is 16.1. The van der Waals surface area contributed by atoms with Gasteiger partial charge in [0.15, 0.2) is 5.82 Å². The Labute approximate surface area is 167 Å². The minimum Gasteiger partial charge on any atom is -0.379 e. The number of aromatic nitrogens is 3. The van der Waals surface area contributed by atoms with Crippen molar-refractivity contribution in [3.8, 4) is 11.4 Å². The molecule has 2 aromatic rings. The fourth-order valence-corrected chi connectivity index (χ4v) is 3.45. The molecule has 28 heavy (non-hydrogen) atoms. The zero-order valence-corrected chi connectivity index (χ0v) is 16.9. The van der Waals surface area contributed by atoms with Crippen LogP contribution in [0, 0.1) is 0 Å². The third kappa shape index (κ3) is 4.18. The average Bonchev–Trinajstić information content (AvgIpc) is 3.05. The van der Waals surface area contributed by atoms with Gasteiger partial charge >= 0.3 is 6.18 Å². The molecule has 154 valence electrons. The summed E-state index contributed by atoms with van der Waals surface area (Å²) in [5.74, 6) is 0.658. The van der Waals surface area contributed by atoms with Crippen LogP contribution in [0.3, 0.4) is 0 Å². The minimum absolute atomic E-state index is 0.135. The van der Waals surface area contributed by atoms with Crippen molar-refractivity contribution in [1.29, 1.82) is 0 Å². The van der Waals surface area contributed by atoms with Crippen LogP contribution in [-0.4, -0.2) is 58.7 Å². The van der Waals surface area contributed by atoms with Crippen LogP contribution < -0.4 is 0 Å². The molecule has 2 heterocycles. The number of hydrogen-bond acceptors (Lipinski definition) is 4. The largest absolute Gasteiger partial charge is 0.406 e. The van der Waals surface area contributed by atoms with E-state index in [9.17, 15) is 13.2 Å². The Kier molecular flexibility index (Phi) is 6.03. The van der Waals surface area contributed by atoms with E-state index in [0.717, 1.165) is 12.8 Å². The van der Waals surface area contributed by atoms with Gasteiger partial charge in [-0.25, -0.2) is 9.67 Å². The molecule has 0 amide bonds. The Hall–Kier alpha value is -1.64. The Balaban J connectivity index is 2.05. The van der Waals surface area contributed by atoms with Gasteiger partial charge in [0.1, 0.15) is 11.4 Å². The average molecular weight is 417 g/mol. The van der Waals surface area contributed by atoms with Crippen LogP contribution in [0.2, 0.25) is 5.02 Å². The van der Waals surface area contributed by atoms with E-state index in [-0.39, 0.29) is 12.5 Å². The van der Waals surface area contributed by atoms with Gasteiger partial charge in [-0.3, -0.25) is 4.90 Å². The number of benzene rings is 1. The highest BCUT2D eigenvalue weighted by Gasteiger charge is 2.53. The Morgan fingerprint density at radius 2 is 2.07 bits per heavy atom. The fraction of sp³-hybridized carbons (Fsp3) is 0.579. The molecule has 0 spiro atoms. The maximum absolute atomic E-state index is 13.9. The summed E-state index contributed by atoms with van der Waals surface area (Å²) < 4.78 is 48.7. The summed E-state index contributed by atoms with van der Waals surface area (Å²) in [6, 6.07) is 6.86. The lowest BCUT2D eigenvalue weighted by atomic mass is 9.94. The van der Waals surface area contributed by atoms with E-state index in [0.29, 0.717) is 35.4 Å². The van der Waals surface area contributed by atoms with Gasteiger partial charge in [-0.15, -0.1) is 0 Å². The zero-order chi connectivity index (χ0) is 20.5. The second-order valence-corrected chi connectivity index (χ2v) is 7.96. The molecule has 3 rings (SSSR count). The molecule has 0 bridgehead atoms. The van der Waals surface area contributed by atoms with Gasteiger partial charge in [-0.2, -0.15) is 18.3 Å². The SMILES string of the molecule is CN(C)C(C)(Cc1nc(-c2cccc(Cl)c2)nn1C1CCCOC1)C(F)(F)F. The summed E-state index contributed by atoms with van der Waals surface area (Å²) in [7, 11) is 2.85. The van der Waals surface area contributed by atoms with Crippen LogP contribution in [0.25, 0.3) is 11.4 Å². The molecule has 0 radical (unpaired) electrons. The second-order valence-electron chi connectivity index (χ2n) is 7.52. The highest BCUT2D eigenvalue weighted by molar-refractivity contribution is 6.30. The van der Waals surface area contributed by atoms with E-state index < -0.39 is 11.7 Å². The van der Waals surface area contributed by atoms with Gasteiger partial charge in [-0.05, 0) is 46.0 Å².